The van der Waals surface area contributed by atoms with Gasteiger partial charge in [-0.05, 0) is 30.0 Å². The van der Waals surface area contributed by atoms with Crippen molar-refractivity contribution >= 4 is 27.6 Å². The first-order chi connectivity index (χ1) is 13.2. The molecule has 138 valence electrons. The van der Waals surface area contributed by atoms with Gasteiger partial charge >= 0.3 is 0 Å². The van der Waals surface area contributed by atoms with Crippen molar-refractivity contribution in [2.45, 2.75) is 46.1 Å². The molecular weight excluding hydrogens is 332 g/mol. The van der Waals surface area contributed by atoms with Gasteiger partial charge in [0.15, 0.2) is 5.82 Å². The van der Waals surface area contributed by atoms with Gasteiger partial charge in [-0.1, -0.05) is 62.7 Å². The third kappa shape index (κ3) is 3.27. The minimum Gasteiger partial charge on any atom is -0.382 e. The van der Waals surface area contributed by atoms with E-state index in [2.05, 4.69) is 59.9 Å². The number of rotatable bonds is 6. The molecule has 0 aliphatic heterocycles. The maximum atomic E-state index is 6.28. The molecule has 4 aromatic rings. The summed E-state index contributed by atoms with van der Waals surface area (Å²) in [6.07, 6.45) is 4.14. The zero-order valence-corrected chi connectivity index (χ0v) is 16.1. The first-order valence-corrected chi connectivity index (χ1v) is 9.82. The van der Waals surface area contributed by atoms with Gasteiger partial charge in [-0.15, -0.1) is 0 Å². The predicted molar refractivity (Wildman–Crippen MR) is 113 cm³/mol. The predicted octanol–water partition coefficient (Wildman–Crippen LogP) is 5.12. The average molecular weight is 358 g/mol. The Balaban J connectivity index is 1.91. The molecule has 2 heterocycles. The van der Waals surface area contributed by atoms with Gasteiger partial charge in [0.2, 0.25) is 0 Å². The van der Waals surface area contributed by atoms with Gasteiger partial charge in [-0.25, -0.2) is 4.98 Å². The molecule has 0 atom stereocenters. The highest BCUT2D eigenvalue weighted by atomic mass is 15.3. The van der Waals surface area contributed by atoms with Crippen molar-refractivity contribution in [2.24, 2.45) is 0 Å². The van der Waals surface area contributed by atoms with E-state index in [9.17, 15) is 0 Å². The second-order valence-electron chi connectivity index (χ2n) is 7.11. The van der Waals surface area contributed by atoms with Crippen LogP contribution >= 0.6 is 0 Å². The minimum absolute atomic E-state index is 0.515. The van der Waals surface area contributed by atoms with Crippen LogP contribution in [0.3, 0.4) is 0 Å². The van der Waals surface area contributed by atoms with Crippen molar-refractivity contribution in [1.82, 2.24) is 14.8 Å². The standard InChI is InChI=1S/C23H26N4/c1-3-5-14-27-20(15-17-12-10-16(4-2)11-13-17)21-18-8-6-7-9-19(18)25-23(24)22(21)26-27/h6-13H,3-5,14-15H2,1-2H3,(H2,24,25). The summed E-state index contributed by atoms with van der Waals surface area (Å²) in [6.45, 7) is 5.29. The number of nitrogen functional groups attached to an aromatic ring is 1. The number of anilines is 1. The number of benzene rings is 2. The fraction of sp³-hybridized carbons (Fsp3) is 0.304. The van der Waals surface area contributed by atoms with E-state index in [1.165, 1.54) is 16.8 Å². The molecule has 0 aliphatic carbocycles. The Labute approximate surface area is 160 Å². The quantitative estimate of drug-likeness (QED) is 0.520. The fourth-order valence-electron chi connectivity index (χ4n) is 3.68. The second kappa shape index (κ2) is 7.39. The monoisotopic (exact) mass is 358 g/mol. The fourth-order valence-corrected chi connectivity index (χ4v) is 3.68. The summed E-state index contributed by atoms with van der Waals surface area (Å²) in [5, 5.41) is 7.14. The maximum Gasteiger partial charge on any atom is 0.152 e. The molecule has 4 nitrogen and oxygen atoms in total. The number of aromatic nitrogens is 3. The van der Waals surface area contributed by atoms with Crippen molar-refractivity contribution in [1.29, 1.82) is 0 Å². The van der Waals surface area contributed by atoms with Crippen LogP contribution in [-0.2, 0) is 19.4 Å². The molecule has 0 unspecified atom stereocenters. The maximum absolute atomic E-state index is 6.28. The normalized spacial score (nSPS) is 11.5. The highest BCUT2D eigenvalue weighted by Gasteiger charge is 2.18. The lowest BCUT2D eigenvalue weighted by atomic mass is 10.0. The summed E-state index contributed by atoms with van der Waals surface area (Å²) in [4.78, 5) is 4.57. The van der Waals surface area contributed by atoms with Crippen LogP contribution < -0.4 is 5.73 Å². The largest absolute Gasteiger partial charge is 0.382 e. The lowest BCUT2D eigenvalue weighted by Crippen LogP contribution is -2.06. The third-order valence-electron chi connectivity index (χ3n) is 5.24. The first-order valence-electron chi connectivity index (χ1n) is 9.82. The van der Waals surface area contributed by atoms with Crippen molar-refractivity contribution in [3.05, 3.63) is 65.4 Å². The molecule has 0 fully saturated rings. The van der Waals surface area contributed by atoms with Gasteiger partial charge in [0, 0.05) is 23.7 Å². The Kier molecular flexibility index (Phi) is 4.80. The molecule has 2 aromatic carbocycles. The van der Waals surface area contributed by atoms with Crippen LogP contribution in [0.25, 0.3) is 21.8 Å². The number of fused-ring (bicyclic) bond motifs is 3. The zero-order valence-electron chi connectivity index (χ0n) is 16.1. The Morgan fingerprint density at radius 3 is 2.44 bits per heavy atom. The smallest absolute Gasteiger partial charge is 0.152 e. The SMILES string of the molecule is CCCCn1nc2c(N)nc3ccccc3c2c1Cc1ccc(CC)cc1. The van der Waals surface area contributed by atoms with Crippen LogP contribution in [0.2, 0.25) is 0 Å². The highest BCUT2D eigenvalue weighted by molar-refractivity contribution is 6.09. The molecule has 0 saturated heterocycles. The number of nitrogens with zero attached hydrogens (tertiary/aromatic N) is 3. The highest BCUT2D eigenvalue weighted by Crippen LogP contribution is 2.31. The van der Waals surface area contributed by atoms with E-state index in [1.54, 1.807) is 0 Å². The first kappa shape index (κ1) is 17.5. The molecule has 0 aliphatic rings. The van der Waals surface area contributed by atoms with E-state index in [0.29, 0.717) is 5.82 Å². The zero-order chi connectivity index (χ0) is 18.8. The number of unbranched alkanes of at least 4 members (excludes halogenated alkanes) is 1. The molecule has 4 heteroatoms. The molecule has 4 rings (SSSR count). The second-order valence-corrected chi connectivity index (χ2v) is 7.11. The lowest BCUT2D eigenvalue weighted by molar-refractivity contribution is 0.558. The molecule has 2 aromatic heterocycles. The lowest BCUT2D eigenvalue weighted by Gasteiger charge is -2.09. The van der Waals surface area contributed by atoms with E-state index in [0.717, 1.165) is 54.0 Å². The van der Waals surface area contributed by atoms with Crippen molar-refractivity contribution in [2.75, 3.05) is 5.73 Å². The molecular formula is C23H26N4. The van der Waals surface area contributed by atoms with Crippen LogP contribution in [0.4, 0.5) is 5.82 Å². The van der Waals surface area contributed by atoms with Crippen LogP contribution in [0.15, 0.2) is 48.5 Å². The van der Waals surface area contributed by atoms with Gasteiger partial charge < -0.3 is 5.73 Å². The van der Waals surface area contributed by atoms with E-state index in [4.69, 9.17) is 10.8 Å². The summed E-state index contributed by atoms with van der Waals surface area (Å²) < 4.78 is 2.15. The minimum atomic E-state index is 0.515. The Morgan fingerprint density at radius 2 is 1.70 bits per heavy atom. The van der Waals surface area contributed by atoms with Crippen LogP contribution in [0, 0.1) is 0 Å². The Bertz CT molecular complexity index is 1080. The van der Waals surface area contributed by atoms with Crippen molar-refractivity contribution in [3.8, 4) is 0 Å². The topological polar surface area (TPSA) is 56.7 Å². The molecule has 0 radical (unpaired) electrons. The summed E-state index contributed by atoms with van der Waals surface area (Å²) in [5.74, 6) is 0.515. The Morgan fingerprint density at radius 1 is 0.963 bits per heavy atom. The molecule has 0 spiro atoms. The van der Waals surface area contributed by atoms with Gasteiger partial charge in [0.25, 0.3) is 0 Å². The van der Waals surface area contributed by atoms with Crippen LogP contribution in [0.1, 0.15) is 43.5 Å². The molecule has 27 heavy (non-hydrogen) atoms. The van der Waals surface area contributed by atoms with Gasteiger partial charge in [-0.3, -0.25) is 4.68 Å². The summed E-state index contributed by atoms with van der Waals surface area (Å²) in [5.41, 5.74) is 11.9. The van der Waals surface area contributed by atoms with Gasteiger partial charge in [-0.2, -0.15) is 5.10 Å². The van der Waals surface area contributed by atoms with Gasteiger partial charge in [0.05, 0.1) is 11.2 Å². The number of hydrogen-bond acceptors (Lipinski definition) is 3. The molecule has 2 N–H and O–H groups in total. The molecule has 0 amide bonds. The van der Waals surface area contributed by atoms with Crippen LogP contribution in [0.5, 0.6) is 0 Å². The third-order valence-corrected chi connectivity index (χ3v) is 5.24. The van der Waals surface area contributed by atoms with Crippen LogP contribution in [-0.4, -0.2) is 14.8 Å². The molecule has 0 bridgehead atoms. The molecule has 0 saturated carbocycles. The Hall–Kier alpha value is -2.88. The van der Waals surface area contributed by atoms with E-state index in [-0.39, 0.29) is 0 Å². The van der Waals surface area contributed by atoms with E-state index >= 15 is 0 Å². The van der Waals surface area contributed by atoms with Gasteiger partial charge in [0.1, 0.15) is 5.52 Å². The number of hydrogen-bond donors (Lipinski definition) is 1. The van der Waals surface area contributed by atoms with Crippen molar-refractivity contribution in [3.63, 3.8) is 0 Å². The summed E-state index contributed by atoms with van der Waals surface area (Å²) in [7, 11) is 0. The van der Waals surface area contributed by atoms with Crippen molar-refractivity contribution < 1.29 is 0 Å². The van der Waals surface area contributed by atoms with E-state index < -0.39 is 0 Å². The number of aryl methyl sites for hydroxylation is 2. The summed E-state index contributed by atoms with van der Waals surface area (Å²) in [6, 6.07) is 17.1. The van der Waals surface area contributed by atoms with E-state index in [1.807, 2.05) is 12.1 Å². The number of nitrogens with two attached hydrogens (primary N) is 1. The summed E-state index contributed by atoms with van der Waals surface area (Å²) >= 11 is 0. The number of para-hydroxylation sites is 1. The number of pyridine rings is 1. The average Bonchev–Trinajstić information content (AvgIpc) is 3.06.